The van der Waals surface area contributed by atoms with E-state index < -0.39 is 0 Å². The molecule has 0 saturated carbocycles. The van der Waals surface area contributed by atoms with Crippen molar-refractivity contribution < 1.29 is 9.53 Å². The largest absolute Gasteiger partial charge is 0.466 e. The number of anilines is 1. The Labute approximate surface area is 111 Å². The molecule has 4 nitrogen and oxygen atoms in total. The normalized spacial score (nSPS) is 14.0. The minimum Gasteiger partial charge on any atom is -0.466 e. The lowest BCUT2D eigenvalue weighted by Crippen LogP contribution is -2.28. The second kappa shape index (κ2) is 4.39. The Morgan fingerprint density at radius 2 is 2.16 bits per heavy atom. The maximum Gasteiger partial charge on any atom is 0.335 e. The molecule has 19 heavy (non-hydrogen) atoms. The van der Waals surface area contributed by atoms with Gasteiger partial charge in [-0.2, -0.15) is 0 Å². The SMILES string of the molecule is COC(=O)C1=Cc2cc3ccccc3nc2N(C)C1. The summed E-state index contributed by atoms with van der Waals surface area (Å²) in [6.07, 6.45) is 1.86. The second-order valence-electron chi connectivity index (χ2n) is 4.61. The predicted octanol–water partition coefficient (Wildman–Crippen LogP) is 2.24. The highest BCUT2D eigenvalue weighted by Crippen LogP contribution is 2.29. The van der Waals surface area contributed by atoms with Crippen molar-refractivity contribution in [3.63, 3.8) is 0 Å². The van der Waals surface area contributed by atoms with Crippen LogP contribution in [-0.4, -0.2) is 31.7 Å². The zero-order valence-corrected chi connectivity index (χ0v) is 10.9. The van der Waals surface area contributed by atoms with Crippen LogP contribution in [0.15, 0.2) is 35.9 Å². The fourth-order valence-electron chi connectivity index (χ4n) is 2.35. The van der Waals surface area contributed by atoms with Crippen LogP contribution in [0.1, 0.15) is 5.56 Å². The number of carbonyl (C=O) groups excluding carboxylic acids is 1. The van der Waals surface area contributed by atoms with E-state index in [9.17, 15) is 4.79 Å². The number of para-hydroxylation sites is 1. The van der Waals surface area contributed by atoms with Crippen molar-refractivity contribution in [1.29, 1.82) is 0 Å². The predicted molar refractivity (Wildman–Crippen MR) is 75.0 cm³/mol. The van der Waals surface area contributed by atoms with Gasteiger partial charge in [-0.1, -0.05) is 18.2 Å². The smallest absolute Gasteiger partial charge is 0.335 e. The van der Waals surface area contributed by atoms with Gasteiger partial charge in [0.2, 0.25) is 0 Å². The Morgan fingerprint density at radius 3 is 2.95 bits per heavy atom. The number of likely N-dealkylation sites (N-methyl/N-ethyl adjacent to an activating group) is 1. The summed E-state index contributed by atoms with van der Waals surface area (Å²) in [5, 5.41) is 1.07. The van der Waals surface area contributed by atoms with E-state index in [1.54, 1.807) is 0 Å². The van der Waals surface area contributed by atoms with Crippen molar-refractivity contribution in [1.82, 2.24) is 4.98 Å². The minimum atomic E-state index is -0.286. The van der Waals surface area contributed by atoms with Gasteiger partial charge in [-0.05, 0) is 18.2 Å². The molecule has 0 N–H and O–H groups in total. The summed E-state index contributed by atoms with van der Waals surface area (Å²) >= 11 is 0. The van der Waals surface area contributed by atoms with Crippen LogP contribution < -0.4 is 4.90 Å². The highest BCUT2D eigenvalue weighted by atomic mass is 16.5. The van der Waals surface area contributed by atoms with Gasteiger partial charge in [0.25, 0.3) is 0 Å². The molecule has 2 aromatic rings. The topological polar surface area (TPSA) is 42.4 Å². The number of carbonyl (C=O) groups is 1. The molecule has 1 aromatic heterocycles. The van der Waals surface area contributed by atoms with E-state index in [-0.39, 0.29) is 5.97 Å². The molecule has 0 amide bonds. The summed E-state index contributed by atoms with van der Waals surface area (Å²) in [7, 11) is 3.33. The number of benzene rings is 1. The molecular weight excluding hydrogens is 240 g/mol. The molecule has 0 unspecified atom stereocenters. The molecule has 4 heteroatoms. The Morgan fingerprint density at radius 1 is 1.37 bits per heavy atom. The van der Waals surface area contributed by atoms with E-state index in [1.807, 2.05) is 42.3 Å². The standard InChI is InChI=1S/C15H14N2O2/c1-17-9-12(15(18)19-2)8-11-7-10-5-3-4-6-13(10)16-14(11)17/h3-8H,9H2,1-2H3. The van der Waals surface area contributed by atoms with Crippen molar-refractivity contribution in [3.05, 3.63) is 41.5 Å². The first-order valence-corrected chi connectivity index (χ1v) is 6.09. The monoisotopic (exact) mass is 254 g/mol. The van der Waals surface area contributed by atoms with Crippen molar-refractivity contribution in [3.8, 4) is 0 Å². The molecule has 0 saturated heterocycles. The molecule has 1 aliphatic heterocycles. The quantitative estimate of drug-likeness (QED) is 0.732. The Balaban J connectivity index is 2.18. The second-order valence-corrected chi connectivity index (χ2v) is 4.61. The molecule has 0 spiro atoms. The molecule has 96 valence electrons. The molecule has 0 aliphatic carbocycles. The molecule has 1 aromatic carbocycles. The van der Waals surface area contributed by atoms with E-state index in [4.69, 9.17) is 4.74 Å². The fourth-order valence-corrected chi connectivity index (χ4v) is 2.35. The summed E-state index contributed by atoms with van der Waals surface area (Å²) in [4.78, 5) is 18.3. The molecule has 0 fully saturated rings. The van der Waals surface area contributed by atoms with Crippen LogP contribution >= 0.6 is 0 Å². The number of rotatable bonds is 1. The summed E-state index contributed by atoms with van der Waals surface area (Å²) < 4.78 is 4.79. The number of esters is 1. The first-order chi connectivity index (χ1) is 9.19. The number of nitrogens with zero attached hydrogens (tertiary/aromatic N) is 2. The van der Waals surface area contributed by atoms with E-state index >= 15 is 0 Å². The maximum atomic E-state index is 11.6. The molecule has 1 aliphatic rings. The van der Waals surface area contributed by atoms with Crippen molar-refractivity contribution >= 4 is 28.8 Å². The average molecular weight is 254 g/mol. The molecule has 0 atom stereocenters. The number of aromatic nitrogens is 1. The molecule has 0 bridgehead atoms. The third-order valence-electron chi connectivity index (χ3n) is 3.28. The van der Waals surface area contributed by atoms with Gasteiger partial charge < -0.3 is 9.64 Å². The molecule has 3 rings (SSSR count). The van der Waals surface area contributed by atoms with E-state index in [0.29, 0.717) is 12.1 Å². The first-order valence-electron chi connectivity index (χ1n) is 6.09. The van der Waals surface area contributed by atoms with Gasteiger partial charge in [0.15, 0.2) is 0 Å². The lowest BCUT2D eigenvalue weighted by atomic mass is 10.0. The molecular formula is C15H14N2O2. The van der Waals surface area contributed by atoms with Gasteiger partial charge in [-0.25, -0.2) is 9.78 Å². The van der Waals surface area contributed by atoms with Crippen LogP contribution in [0.2, 0.25) is 0 Å². The van der Waals surface area contributed by atoms with Crippen LogP contribution in [0.5, 0.6) is 0 Å². The summed E-state index contributed by atoms with van der Waals surface area (Å²) in [5.74, 6) is 0.608. The van der Waals surface area contributed by atoms with E-state index in [0.717, 1.165) is 22.3 Å². The van der Waals surface area contributed by atoms with Crippen LogP contribution in [0.4, 0.5) is 5.82 Å². The number of pyridine rings is 1. The summed E-state index contributed by atoms with van der Waals surface area (Å²) in [5.41, 5.74) is 2.56. The highest BCUT2D eigenvalue weighted by molar-refractivity contribution is 5.98. The number of hydrogen-bond acceptors (Lipinski definition) is 4. The molecule has 2 heterocycles. The average Bonchev–Trinajstić information content (AvgIpc) is 2.44. The first kappa shape index (κ1) is 11.7. The van der Waals surface area contributed by atoms with Crippen LogP contribution in [-0.2, 0) is 9.53 Å². The lowest BCUT2D eigenvalue weighted by molar-refractivity contribution is -0.136. The summed E-state index contributed by atoms with van der Waals surface area (Å²) in [6, 6.07) is 10.0. The van der Waals surface area contributed by atoms with Crippen molar-refractivity contribution in [2.24, 2.45) is 0 Å². The maximum absolute atomic E-state index is 11.6. The summed E-state index contributed by atoms with van der Waals surface area (Å²) in [6.45, 7) is 0.519. The highest BCUT2D eigenvalue weighted by Gasteiger charge is 2.21. The van der Waals surface area contributed by atoms with Gasteiger partial charge in [-0.15, -0.1) is 0 Å². The third kappa shape index (κ3) is 1.95. The Hall–Kier alpha value is -2.36. The van der Waals surface area contributed by atoms with Gasteiger partial charge >= 0.3 is 5.97 Å². The van der Waals surface area contributed by atoms with Crippen molar-refractivity contribution in [2.75, 3.05) is 25.6 Å². The lowest BCUT2D eigenvalue weighted by Gasteiger charge is -2.25. The number of ether oxygens (including phenoxy) is 1. The fraction of sp³-hybridized carbons (Fsp3) is 0.200. The minimum absolute atomic E-state index is 0.286. The van der Waals surface area contributed by atoms with Crippen LogP contribution in [0, 0.1) is 0 Å². The van der Waals surface area contributed by atoms with E-state index in [1.165, 1.54) is 7.11 Å². The number of methoxy groups -OCH3 is 1. The number of fused-ring (bicyclic) bond motifs is 2. The Bertz CT molecular complexity index is 692. The van der Waals surface area contributed by atoms with Gasteiger partial charge in [0.1, 0.15) is 5.82 Å². The van der Waals surface area contributed by atoms with Gasteiger partial charge in [0.05, 0.1) is 24.7 Å². The third-order valence-corrected chi connectivity index (χ3v) is 3.28. The van der Waals surface area contributed by atoms with Crippen molar-refractivity contribution in [2.45, 2.75) is 0 Å². The zero-order valence-electron chi connectivity index (χ0n) is 10.9. The Kier molecular flexibility index (Phi) is 2.71. The molecule has 0 radical (unpaired) electrons. The van der Waals surface area contributed by atoms with E-state index in [2.05, 4.69) is 11.1 Å². The van der Waals surface area contributed by atoms with Crippen LogP contribution in [0.25, 0.3) is 17.0 Å². The zero-order chi connectivity index (χ0) is 13.4. The van der Waals surface area contributed by atoms with Gasteiger partial charge in [-0.3, -0.25) is 0 Å². The van der Waals surface area contributed by atoms with Gasteiger partial charge in [0, 0.05) is 18.0 Å². The van der Waals surface area contributed by atoms with Crippen LogP contribution in [0.3, 0.4) is 0 Å². The number of hydrogen-bond donors (Lipinski definition) is 0.